The first-order chi connectivity index (χ1) is 16.3. The lowest BCUT2D eigenvalue weighted by molar-refractivity contribution is -0.145. The molecule has 0 saturated heterocycles. The number of methoxy groups -OCH3 is 1. The third-order valence-corrected chi connectivity index (χ3v) is 5.88. The molecule has 0 rings (SSSR count). The van der Waals surface area contributed by atoms with Gasteiger partial charge in [-0.15, -0.1) is 0 Å². The number of esters is 1. The standard InChI is InChI=1S/C30H52O3/c1-3-4-5-6-7-8-9-10-11-12-13-14-15-16-17-18-19-20-21-22-23-24-25-26-27-30(31)33-29-28-32-2/h3-13,18-29H2,1-2H3. The van der Waals surface area contributed by atoms with Gasteiger partial charge in [0.15, 0.2) is 0 Å². The van der Waals surface area contributed by atoms with Crippen molar-refractivity contribution in [3.05, 3.63) is 0 Å². The first-order valence-corrected chi connectivity index (χ1v) is 13.9. The summed E-state index contributed by atoms with van der Waals surface area (Å²) in [4.78, 5) is 11.4. The third kappa shape index (κ3) is 28.5. The molecule has 33 heavy (non-hydrogen) atoms. The molecule has 0 fully saturated rings. The average Bonchev–Trinajstić information content (AvgIpc) is 2.82. The summed E-state index contributed by atoms with van der Waals surface area (Å²) in [5.41, 5.74) is 0. The largest absolute Gasteiger partial charge is 0.463 e. The van der Waals surface area contributed by atoms with E-state index in [2.05, 4.69) is 30.6 Å². The van der Waals surface area contributed by atoms with Crippen molar-refractivity contribution in [2.75, 3.05) is 20.3 Å². The molecule has 0 bridgehead atoms. The van der Waals surface area contributed by atoms with Crippen molar-refractivity contribution in [2.24, 2.45) is 0 Å². The molecule has 0 atom stereocenters. The van der Waals surface area contributed by atoms with Gasteiger partial charge in [-0.25, -0.2) is 0 Å². The highest BCUT2D eigenvalue weighted by molar-refractivity contribution is 5.69. The summed E-state index contributed by atoms with van der Waals surface area (Å²) in [6.45, 7) is 3.12. The molecule has 0 aromatic heterocycles. The van der Waals surface area contributed by atoms with E-state index in [9.17, 15) is 4.79 Å². The Balaban J connectivity index is 3.27. The summed E-state index contributed by atoms with van der Waals surface area (Å²) >= 11 is 0. The maximum absolute atomic E-state index is 11.4. The molecule has 3 nitrogen and oxygen atoms in total. The SMILES string of the molecule is CCCCCCCCCCCCC#CC#CCCCCCCCCCCC(=O)OCCOC. The minimum absolute atomic E-state index is 0.100. The fourth-order valence-corrected chi connectivity index (χ4v) is 3.77. The van der Waals surface area contributed by atoms with Crippen LogP contribution < -0.4 is 0 Å². The molecule has 0 aromatic rings. The van der Waals surface area contributed by atoms with E-state index in [4.69, 9.17) is 9.47 Å². The van der Waals surface area contributed by atoms with Crippen LogP contribution in [-0.2, 0) is 14.3 Å². The lowest BCUT2D eigenvalue weighted by Gasteiger charge is -2.04. The van der Waals surface area contributed by atoms with Crippen molar-refractivity contribution in [1.29, 1.82) is 0 Å². The Morgan fingerprint density at radius 1 is 0.576 bits per heavy atom. The van der Waals surface area contributed by atoms with Gasteiger partial charge in [0.25, 0.3) is 0 Å². The molecule has 0 aliphatic carbocycles. The minimum Gasteiger partial charge on any atom is -0.463 e. The highest BCUT2D eigenvalue weighted by atomic mass is 16.6. The summed E-state index contributed by atoms with van der Waals surface area (Å²) in [7, 11) is 1.61. The van der Waals surface area contributed by atoms with Crippen molar-refractivity contribution in [1.82, 2.24) is 0 Å². The number of ether oxygens (including phenoxy) is 2. The van der Waals surface area contributed by atoms with Crippen molar-refractivity contribution in [3.63, 3.8) is 0 Å². The van der Waals surface area contributed by atoms with Crippen LogP contribution in [0.3, 0.4) is 0 Å². The summed E-state index contributed by atoms with van der Waals surface area (Å²) in [6, 6.07) is 0. The van der Waals surface area contributed by atoms with Gasteiger partial charge in [-0.1, -0.05) is 115 Å². The third-order valence-electron chi connectivity index (χ3n) is 5.88. The Labute approximate surface area is 206 Å². The van der Waals surface area contributed by atoms with Gasteiger partial charge in [-0.05, 0) is 31.1 Å². The lowest BCUT2D eigenvalue weighted by Crippen LogP contribution is -2.09. The predicted octanol–water partition coefficient (Wildman–Crippen LogP) is 8.39. The zero-order valence-corrected chi connectivity index (χ0v) is 22.0. The first-order valence-electron chi connectivity index (χ1n) is 13.9. The van der Waals surface area contributed by atoms with E-state index in [-0.39, 0.29) is 5.97 Å². The molecule has 3 heteroatoms. The maximum Gasteiger partial charge on any atom is 0.305 e. The Bertz CT molecular complexity index is 532. The van der Waals surface area contributed by atoms with Gasteiger partial charge in [0, 0.05) is 26.4 Å². The van der Waals surface area contributed by atoms with E-state index in [0.717, 1.165) is 25.7 Å². The van der Waals surface area contributed by atoms with E-state index in [1.54, 1.807) is 7.11 Å². The fourth-order valence-electron chi connectivity index (χ4n) is 3.77. The van der Waals surface area contributed by atoms with Crippen LogP contribution in [-0.4, -0.2) is 26.3 Å². The van der Waals surface area contributed by atoms with Crippen LogP contribution in [0.1, 0.15) is 142 Å². The van der Waals surface area contributed by atoms with Gasteiger partial charge in [-0.3, -0.25) is 4.79 Å². The molecule has 0 spiro atoms. The molecule has 0 saturated carbocycles. The summed E-state index contributed by atoms with van der Waals surface area (Å²) < 4.78 is 9.91. The molecule has 0 amide bonds. The van der Waals surface area contributed by atoms with Crippen molar-refractivity contribution in [3.8, 4) is 23.7 Å². The molecule has 0 unspecified atom stereocenters. The van der Waals surface area contributed by atoms with Crippen LogP contribution in [0, 0.1) is 23.7 Å². The summed E-state index contributed by atoms with van der Waals surface area (Å²) in [5.74, 6) is 12.3. The van der Waals surface area contributed by atoms with Crippen LogP contribution in [0.2, 0.25) is 0 Å². The zero-order valence-electron chi connectivity index (χ0n) is 22.0. The number of rotatable bonds is 23. The topological polar surface area (TPSA) is 35.5 Å². The van der Waals surface area contributed by atoms with Gasteiger partial charge >= 0.3 is 5.97 Å². The van der Waals surface area contributed by atoms with Crippen molar-refractivity contribution >= 4 is 5.97 Å². The van der Waals surface area contributed by atoms with Gasteiger partial charge in [0.2, 0.25) is 0 Å². The first kappa shape index (κ1) is 31.6. The van der Waals surface area contributed by atoms with Gasteiger partial charge in [0.05, 0.1) is 6.61 Å². The average molecular weight is 461 g/mol. The monoisotopic (exact) mass is 460 g/mol. The fraction of sp³-hybridized carbons (Fsp3) is 0.833. The Kier molecular flexibility index (Phi) is 27.3. The van der Waals surface area contributed by atoms with Gasteiger partial charge < -0.3 is 9.47 Å². The number of carbonyl (C=O) groups is 1. The molecule has 0 radical (unpaired) electrons. The van der Waals surface area contributed by atoms with Crippen LogP contribution in [0.15, 0.2) is 0 Å². The Hall–Kier alpha value is -1.45. The molecule has 0 aliphatic rings. The van der Waals surface area contributed by atoms with Crippen LogP contribution in [0.5, 0.6) is 0 Å². The summed E-state index contributed by atoms with van der Waals surface area (Å²) in [6.07, 6.45) is 25.7. The van der Waals surface area contributed by atoms with E-state index < -0.39 is 0 Å². The number of unbranched alkanes of at least 4 members (excludes halogenated alkanes) is 18. The predicted molar refractivity (Wildman–Crippen MR) is 141 cm³/mol. The van der Waals surface area contributed by atoms with Gasteiger partial charge in [-0.2, -0.15) is 0 Å². The Morgan fingerprint density at radius 3 is 1.45 bits per heavy atom. The lowest BCUT2D eigenvalue weighted by atomic mass is 10.1. The van der Waals surface area contributed by atoms with E-state index in [1.165, 1.54) is 103 Å². The van der Waals surface area contributed by atoms with Gasteiger partial charge in [0.1, 0.15) is 6.61 Å². The number of carbonyl (C=O) groups excluding carboxylic acids is 1. The highest BCUT2D eigenvalue weighted by Crippen LogP contribution is 2.12. The van der Waals surface area contributed by atoms with E-state index >= 15 is 0 Å². The summed E-state index contributed by atoms with van der Waals surface area (Å²) in [5, 5.41) is 0. The molecule has 0 aromatic carbocycles. The van der Waals surface area contributed by atoms with Crippen LogP contribution in [0.25, 0.3) is 0 Å². The quantitative estimate of drug-likeness (QED) is 0.0872. The molecule has 0 aliphatic heterocycles. The molecule has 0 N–H and O–H groups in total. The second kappa shape index (κ2) is 28.6. The van der Waals surface area contributed by atoms with Crippen LogP contribution in [0.4, 0.5) is 0 Å². The second-order valence-electron chi connectivity index (χ2n) is 9.08. The minimum atomic E-state index is -0.100. The molecular formula is C30H52O3. The van der Waals surface area contributed by atoms with Crippen molar-refractivity contribution < 1.29 is 14.3 Å². The second-order valence-corrected chi connectivity index (χ2v) is 9.08. The molecule has 0 heterocycles. The van der Waals surface area contributed by atoms with Crippen LogP contribution >= 0.6 is 0 Å². The number of hydrogen-bond donors (Lipinski definition) is 0. The van der Waals surface area contributed by atoms with E-state index in [1.807, 2.05) is 0 Å². The van der Waals surface area contributed by atoms with Crippen molar-refractivity contribution in [2.45, 2.75) is 142 Å². The normalized spacial score (nSPS) is 10.2. The number of hydrogen-bond acceptors (Lipinski definition) is 3. The highest BCUT2D eigenvalue weighted by Gasteiger charge is 2.02. The molecule has 190 valence electrons. The molecular weight excluding hydrogens is 408 g/mol. The Morgan fingerprint density at radius 2 is 1.00 bits per heavy atom. The maximum atomic E-state index is 11.4. The van der Waals surface area contributed by atoms with E-state index in [0.29, 0.717) is 19.6 Å². The smallest absolute Gasteiger partial charge is 0.305 e. The zero-order chi connectivity index (χ0) is 24.1.